The van der Waals surface area contributed by atoms with Crippen LogP contribution in [-0.2, 0) is 13.0 Å². The average molecular weight is 318 g/mol. The summed E-state index contributed by atoms with van der Waals surface area (Å²) in [5.41, 5.74) is 2.26. The fourth-order valence-corrected chi connectivity index (χ4v) is 2.60. The molecule has 0 aromatic heterocycles. The summed E-state index contributed by atoms with van der Waals surface area (Å²) in [4.78, 5) is 10.7. The number of rotatable bonds is 1. The second-order valence-electron chi connectivity index (χ2n) is 3.57. The molecule has 0 spiro atoms. The number of hydrogen-bond acceptors (Lipinski definition) is 3. The highest BCUT2D eigenvalue weighted by Gasteiger charge is 2.22. The van der Waals surface area contributed by atoms with Gasteiger partial charge in [0.1, 0.15) is 0 Å². The van der Waals surface area contributed by atoms with Crippen molar-refractivity contribution < 1.29 is 4.92 Å². The third-order valence-corrected chi connectivity index (χ3v) is 3.49. The average Bonchev–Trinajstić information content (AvgIpc) is 2.41. The number of fused-ring (bicyclic) bond motifs is 1. The second-order valence-corrected chi connectivity index (χ2v) is 4.73. The molecule has 4 nitrogen and oxygen atoms in total. The Bertz CT molecular complexity index is 407. The van der Waals surface area contributed by atoms with Crippen LogP contribution in [0.25, 0.3) is 0 Å². The van der Waals surface area contributed by atoms with Crippen LogP contribution in [-0.4, -0.2) is 11.5 Å². The van der Waals surface area contributed by atoms with Crippen LogP contribution >= 0.6 is 22.6 Å². The fraction of sp³-hybridized carbons (Fsp3) is 0.400. The maximum absolute atomic E-state index is 11.0. The monoisotopic (exact) mass is 318 g/mol. The molecule has 0 saturated heterocycles. The first-order valence-corrected chi connectivity index (χ1v) is 5.93. The van der Waals surface area contributed by atoms with Gasteiger partial charge in [0, 0.05) is 12.1 Å². The maximum Gasteiger partial charge on any atom is 0.287 e. The van der Waals surface area contributed by atoms with Crippen molar-refractivity contribution in [3.8, 4) is 0 Å². The van der Waals surface area contributed by atoms with E-state index in [-0.39, 0.29) is 10.6 Å². The number of nitrogens with zero attached hydrogens (tertiary/aromatic N) is 1. The molecule has 2 rings (SSSR count). The summed E-state index contributed by atoms with van der Waals surface area (Å²) in [5, 5.41) is 14.2. The molecule has 1 N–H and O–H groups in total. The van der Waals surface area contributed by atoms with E-state index in [1.54, 1.807) is 0 Å². The van der Waals surface area contributed by atoms with Crippen molar-refractivity contribution in [3.63, 3.8) is 0 Å². The molecule has 0 aliphatic carbocycles. The number of nitro benzene ring substituents is 1. The SMILES string of the molecule is O=[N+]([O-])c1c(I)ccc2c1CNCCC2. The Balaban J connectivity index is 2.56. The highest BCUT2D eigenvalue weighted by Crippen LogP contribution is 2.30. The zero-order chi connectivity index (χ0) is 10.8. The molecule has 0 atom stereocenters. The number of aryl methyl sites for hydroxylation is 1. The number of hydrogen-bond donors (Lipinski definition) is 1. The van der Waals surface area contributed by atoms with Gasteiger partial charge in [-0.15, -0.1) is 0 Å². The molecular weight excluding hydrogens is 307 g/mol. The molecule has 1 heterocycles. The summed E-state index contributed by atoms with van der Waals surface area (Å²) in [6.07, 6.45) is 1.98. The first-order valence-electron chi connectivity index (χ1n) is 4.85. The Labute approximate surface area is 101 Å². The van der Waals surface area contributed by atoms with E-state index in [1.807, 2.05) is 34.7 Å². The largest absolute Gasteiger partial charge is 0.312 e. The van der Waals surface area contributed by atoms with E-state index in [1.165, 1.54) is 0 Å². The molecule has 5 heteroatoms. The summed E-state index contributed by atoms with van der Waals surface area (Å²) >= 11 is 2.02. The van der Waals surface area contributed by atoms with Gasteiger partial charge < -0.3 is 5.32 Å². The lowest BCUT2D eigenvalue weighted by atomic mass is 10.0. The van der Waals surface area contributed by atoms with Crippen molar-refractivity contribution in [3.05, 3.63) is 36.9 Å². The summed E-state index contributed by atoms with van der Waals surface area (Å²) in [5.74, 6) is 0. The minimum atomic E-state index is -0.270. The van der Waals surface area contributed by atoms with E-state index in [9.17, 15) is 10.1 Å². The molecule has 0 unspecified atom stereocenters. The van der Waals surface area contributed by atoms with Gasteiger partial charge in [-0.05, 0) is 53.6 Å². The van der Waals surface area contributed by atoms with Gasteiger partial charge in [0.15, 0.2) is 0 Å². The van der Waals surface area contributed by atoms with Crippen LogP contribution < -0.4 is 5.32 Å². The van der Waals surface area contributed by atoms with Crippen LogP contribution in [0.5, 0.6) is 0 Å². The lowest BCUT2D eigenvalue weighted by Crippen LogP contribution is -2.13. The molecule has 0 amide bonds. The Kier molecular flexibility index (Phi) is 3.20. The summed E-state index contributed by atoms with van der Waals surface area (Å²) in [6.45, 7) is 1.55. The lowest BCUT2D eigenvalue weighted by Gasteiger charge is -2.07. The Hall–Kier alpha value is -0.690. The Morgan fingerprint density at radius 3 is 3.00 bits per heavy atom. The van der Waals surface area contributed by atoms with Crippen molar-refractivity contribution in [2.45, 2.75) is 19.4 Å². The second kappa shape index (κ2) is 4.44. The van der Waals surface area contributed by atoms with Crippen LogP contribution in [0.2, 0.25) is 0 Å². The van der Waals surface area contributed by atoms with Crippen molar-refractivity contribution in [1.82, 2.24) is 5.32 Å². The molecule has 0 radical (unpaired) electrons. The Morgan fingerprint density at radius 1 is 1.47 bits per heavy atom. The molecule has 1 aliphatic rings. The first kappa shape index (κ1) is 10.8. The van der Waals surface area contributed by atoms with Gasteiger partial charge in [0.25, 0.3) is 5.69 Å². The molecule has 1 aliphatic heterocycles. The summed E-state index contributed by atoms with van der Waals surface area (Å²) in [7, 11) is 0. The molecule has 1 aromatic carbocycles. The standard InChI is InChI=1S/C10H11IN2O2/c11-9-4-3-7-2-1-5-12-6-8(7)10(9)13(14)15/h3-4,12H,1-2,5-6H2. The highest BCUT2D eigenvalue weighted by atomic mass is 127. The van der Waals surface area contributed by atoms with Crippen LogP contribution in [0.15, 0.2) is 12.1 Å². The van der Waals surface area contributed by atoms with Crippen molar-refractivity contribution in [1.29, 1.82) is 0 Å². The molecule has 1 aromatic rings. The summed E-state index contributed by atoms with van der Waals surface area (Å²) < 4.78 is 0.722. The Morgan fingerprint density at radius 2 is 2.27 bits per heavy atom. The van der Waals surface area contributed by atoms with Gasteiger partial charge in [-0.25, -0.2) is 0 Å². The van der Waals surface area contributed by atoms with Gasteiger partial charge in [0.2, 0.25) is 0 Å². The van der Waals surface area contributed by atoms with Crippen LogP contribution in [0, 0.1) is 13.7 Å². The van der Waals surface area contributed by atoms with Gasteiger partial charge >= 0.3 is 0 Å². The maximum atomic E-state index is 11.0. The van der Waals surface area contributed by atoms with Gasteiger partial charge in [-0.3, -0.25) is 10.1 Å². The normalized spacial score (nSPS) is 15.5. The third-order valence-electron chi connectivity index (χ3n) is 2.61. The predicted octanol–water partition coefficient (Wildman–Crippen LogP) is 2.24. The van der Waals surface area contributed by atoms with Crippen LogP contribution in [0.4, 0.5) is 5.69 Å². The van der Waals surface area contributed by atoms with Crippen LogP contribution in [0.1, 0.15) is 17.5 Å². The van der Waals surface area contributed by atoms with E-state index >= 15 is 0 Å². The lowest BCUT2D eigenvalue weighted by molar-refractivity contribution is -0.386. The summed E-state index contributed by atoms with van der Waals surface area (Å²) in [6, 6.07) is 3.85. The zero-order valence-corrected chi connectivity index (χ0v) is 10.3. The van der Waals surface area contributed by atoms with E-state index in [4.69, 9.17) is 0 Å². The van der Waals surface area contributed by atoms with Crippen LogP contribution in [0.3, 0.4) is 0 Å². The molecular formula is C10H11IN2O2. The molecule has 0 bridgehead atoms. The van der Waals surface area contributed by atoms with Crippen molar-refractivity contribution in [2.75, 3.05) is 6.54 Å². The third kappa shape index (κ3) is 2.12. The van der Waals surface area contributed by atoms with Gasteiger partial charge in [-0.2, -0.15) is 0 Å². The van der Waals surface area contributed by atoms with Crippen molar-refractivity contribution >= 4 is 28.3 Å². The molecule has 0 fully saturated rings. The van der Waals surface area contributed by atoms with Gasteiger partial charge in [-0.1, -0.05) is 6.07 Å². The van der Waals surface area contributed by atoms with E-state index in [0.717, 1.165) is 34.1 Å². The number of nitrogens with one attached hydrogen (secondary N) is 1. The number of benzene rings is 1. The molecule has 80 valence electrons. The quantitative estimate of drug-likeness (QED) is 0.491. The van der Waals surface area contributed by atoms with E-state index in [2.05, 4.69) is 5.32 Å². The minimum Gasteiger partial charge on any atom is -0.312 e. The zero-order valence-electron chi connectivity index (χ0n) is 8.12. The van der Waals surface area contributed by atoms with E-state index < -0.39 is 0 Å². The smallest absolute Gasteiger partial charge is 0.287 e. The van der Waals surface area contributed by atoms with Crippen molar-refractivity contribution in [2.24, 2.45) is 0 Å². The number of nitro groups is 1. The highest BCUT2D eigenvalue weighted by molar-refractivity contribution is 14.1. The predicted molar refractivity (Wildman–Crippen MR) is 65.8 cm³/mol. The van der Waals surface area contributed by atoms with Gasteiger partial charge in [0.05, 0.1) is 8.49 Å². The first-order chi connectivity index (χ1) is 7.20. The minimum absolute atomic E-state index is 0.270. The topological polar surface area (TPSA) is 55.2 Å². The molecule has 15 heavy (non-hydrogen) atoms. The molecule has 0 saturated carbocycles. The van der Waals surface area contributed by atoms with E-state index in [0.29, 0.717) is 6.54 Å². The number of halogens is 1. The fourth-order valence-electron chi connectivity index (χ4n) is 1.90.